The molecule has 0 aliphatic carbocycles. The van der Waals surface area contributed by atoms with Crippen molar-refractivity contribution in [2.24, 2.45) is 0 Å². The number of fused-ring (bicyclic) bond motifs is 1. The predicted octanol–water partition coefficient (Wildman–Crippen LogP) is 2.89. The fourth-order valence-electron chi connectivity index (χ4n) is 3.91. The van der Waals surface area contributed by atoms with E-state index in [-0.39, 0.29) is 13.2 Å². The lowest BCUT2D eigenvalue weighted by atomic mass is 10.0. The van der Waals surface area contributed by atoms with Crippen LogP contribution < -0.4 is 4.74 Å². The third-order valence-corrected chi connectivity index (χ3v) is 6.10. The summed E-state index contributed by atoms with van der Waals surface area (Å²) in [6, 6.07) is 15.2. The molecule has 0 aromatic heterocycles. The SMILES string of the molecule is CS(=O)(=O)OC1CN(C(=O)OCc2ccccc2)CCC1Oc1ccc2c(c1)CCOC2. The Labute approximate surface area is 188 Å². The molecule has 0 saturated carbocycles. The summed E-state index contributed by atoms with van der Waals surface area (Å²) in [5.74, 6) is 0.651. The minimum absolute atomic E-state index is 0.0597. The van der Waals surface area contributed by atoms with Crippen molar-refractivity contribution < 1.29 is 31.6 Å². The van der Waals surface area contributed by atoms with Crippen LogP contribution in [0.1, 0.15) is 23.1 Å². The van der Waals surface area contributed by atoms with E-state index >= 15 is 0 Å². The molecule has 0 N–H and O–H groups in total. The number of amides is 1. The molecule has 2 unspecified atom stereocenters. The minimum atomic E-state index is -3.74. The first-order valence-corrected chi connectivity index (χ1v) is 12.4. The van der Waals surface area contributed by atoms with Crippen molar-refractivity contribution in [2.75, 3.05) is 26.0 Å². The lowest BCUT2D eigenvalue weighted by Gasteiger charge is -2.37. The van der Waals surface area contributed by atoms with E-state index in [4.69, 9.17) is 18.4 Å². The van der Waals surface area contributed by atoms with Gasteiger partial charge in [0.05, 0.1) is 26.0 Å². The molecule has 2 heterocycles. The highest BCUT2D eigenvalue weighted by Crippen LogP contribution is 2.27. The van der Waals surface area contributed by atoms with Gasteiger partial charge < -0.3 is 19.1 Å². The molecule has 1 amide bonds. The van der Waals surface area contributed by atoms with Crippen LogP contribution in [-0.4, -0.2) is 57.6 Å². The zero-order valence-electron chi connectivity index (χ0n) is 17.9. The Morgan fingerprint density at radius 3 is 2.72 bits per heavy atom. The van der Waals surface area contributed by atoms with Gasteiger partial charge in [0.1, 0.15) is 24.6 Å². The van der Waals surface area contributed by atoms with Gasteiger partial charge >= 0.3 is 6.09 Å². The topological polar surface area (TPSA) is 91.4 Å². The molecule has 32 heavy (non-hydrogen) atoms. The monoisotopic (exact) mass is 461 g/mol. The molecule has 1 saturated heterocycles. The number of carbonyl (C=O) groups is 1. The summed E-state index contributed by atoms with van der Waals surface area (Å²) in [6.45, 7) is 1.83. The average molecular weight is 462 g/mol. The molecule has 0 bridgehead atoms. The molecule has 9 heteroatoms. The maximum absolute atomic E-state index is 12.6. The minimum Gasteiger partial charge on any atom is -0.488 e. The van der Waals surface area contributed by atoms with Crippen LogP contribution in [0.15, 0.2) is 48.5 Å². The van der Waals surface area contributed by atoms with Crippen LogP contribution in [0.25, 0.3) is 0 Å². The van der Waals surface area contributed by atoms with E-state index in [2.05, 4.69) is 0 Å². The van der Waals surface area contributed by atoms with Crippen molar-refractivity contribution in [1.29, 1.82) is 0 Å². The summed E-state index contributed by atoms with van der Waals surface area (Å²) in [6.07, 6.45) is 0.365. The number of likely N-dealkylation sites (tertiary alicyclic amines) is 1. The van der Waals surface area contributed by atoms with Crippen molar-refractivity contribution in [2.45, 2.75) is 38.3 Å². The Hall–Kier alpha value is -2.62. The van der Waals surface area contributed by atoms with Crippen LogP contribution in [0.2, 0.25) is 0 Å². The van der Waals surface area contributed by atoms with Crippen molar-refractivity contribution >= 4 is 16.2 Å². The number of hydrogen-bond acceptors (Lipinski definition) is 7. The van der Waals surface area contributed by atoms with Gasteiger partial charge in [-0.25, -0.2) is 4.79 Å². The summed E-state index contributed by atoms with van der Waals surface area (Å²) >= 11 is 0. The molecule has 2 aromatic rings. The van der Waals surface area contributed by atoms with Crippen LogP contribution in [-0.2, 0) is 43.4 Å². The number of ether oxygens (including phenoxy) is 3. The van der Waals surface area contributed by atoms with Gasteiger partial charge in [-0.2, -0.15) is 8.42 Å². The van der Waals surface area contributed by atoms with Gasteiger partial charge in [0.15, 0.2) is 0 Å². The standard InChI is InChI=1S/C23H27NO7S/c1-32(26,27)31-22-14-24(23(25)29-15-17-5-3-2-4-6-17)11-9-21(22)30-20-8-7-19-16-28-12-10-18(19)13-20/h2-8,13,21-22H,9-12,14-16H2,1H3. The third-order valence-electron chi connectivity index (χ3n) is 5.50. The summed E-state index contributed by atoms with van der Waals surface area (Å²) in [5.41, 5.74) is 3.17. The zero-order valence-corrected chi connectivity index (χ0v) is 18.8. The van der Waals surface area contributed by atoms with Gasteiger partial charge in [-0.3, -0.25) is 4.18 Å². The van der Waals surface area contributed by atoms with E-state index in [1.165, 1.54) is 4.90 Å². The van der Waals surface area contributed by atoms with Crippen molar-refractivity contribution in [3.63, 3.8) is 0 Å². The Balaban J connectivity index is 1.41. The lowest BCUT2D eigenvalue weighted by Crippen LogP contribution is -2.52. The summed E-state index contributed by atoms with van der Waals surface area (Å²) in [4.78, 5) is 14.0. The molecule has 172 valence electrons. The fraction of sp³-hybridized carbons (Fsp3) is 0.435. The van der Waals surface area contributed by atoms with E-state index < -0.39 is 28.4 Å². The summed E-state index contributed by atoms with van der Waals surface area (Å²) in [7, 11) is -3.74. The average Bonchev–Trinajstić information content (AvgIpc) is 2.78. The smallest absolute Gasteiger partial charge is 0.410 e. The highest BCUT2D eigenvalue weighted by atomic mass is 32.2. The van der Waals surface area contributed by atoms with Crippen LogP contribution in [0, 0.1) is 0 Å². The molecule has 2 atom stereocenters. The lowest BCUT2D eigenvalue weighted by molar-refractivity contribution is -0.00951. The highest BCUT2D eigenvalue weighted by Gasteiger charge is 2.36. The van der Waals surface area contributed by atoms with Gasteiger partial charge in [0.2, 0.25) is 0 Å². The second-order valence-corrected chi connectivity index (χ2v) is 9.60. The van der Waals surface area contributed by atoms with E-state index in [1.807, 2.05) is 48.5 Å². The van der Waals surface area contributed by atoms with Crippen LogP contribution in [0.3, 0.4) is 0 Å². The number of carbonyl (C=O) groups excluding carboxylic acids is 1. The maximum Gasteiger partial charge on any atom is 0.410 e. The van der Waals surface area contributed by atoms with Gasteiger partial charge in [0.25, 0.3) is 10.1 Å². The summed E-state index contributed by atoms with van der Waals surface area (Å²) in [5, 5.41) is 0. The van der Waals surface area contributed by atoms with Gasteiger partial charge in [0, 0.05) is 13.0 Å². The number of piperidine rings is 1. The van der Waals surface area contributed by atoms with Crippen molar-refractivity contribution in [3.05, 3.63) is 65.2 Å². The molecule has 4 rings (SSSR count). The Kier molecular flexibility index (Phi) is 6.98. The zero-order chi connectivity index (χ0) is 22.6. The Morgan fingerprint density at radius 1 is 1.12 bits per heavy atom. The number of rotatable bonds is 6. The largest absolute Gasteiger partial charge is 0.488 e. The summed E-state index contributed by atoms with van der Waals surface area (Å²) < 4.78 is 46.0. The molecule has 2 aliphatic rings. The Bertz CT molecular complexity index is 1040. The first-order chi connectivity index (χ1) is 15.4. The predicted molar refractivity (Wildman–Crippen MR) is 117 cm³/mol. The van der Waals surface area contributed by atoms with Crippen molar-refractivity contribution in [1.82, 2.24) is 4.90 Å². The van der Waals surface area contributed by atoms with Crippen LogP contribution >= 0.6 is 0 Å². The molecule has 2 aliphatic heterocycles. The quantitative estimate of drug-likeness (QED) is 0.611. The van der Waals surface area contributed by atoms with Gasteiger partial charge in [-0.15, -0.1) is 0 Å². The maximum atomic E-state index is 12.6. The van der Waals surface area contributed by atoms with E-state index in [0.29, 0.717) is 31.9 Å². The first kappa shape index (κ1) is 22.6. The first-order valence-electron chi connectivity index (χ1n) is 10.6. The molecular formula is C23H27NO7S. The van der Waals surface area contributed by atoms with Gasteiger partial charge in [-0.1, -0.05) is 36.4 Å². The normalized spacial score (nSPS) is 21.0. The number of hydrogen-bond donors (Lipinski definition) is 0. The Morgan fingerprint density at radius 2 is 1.94 bits per heavy atom. The molecule has 1 fully saturated rings. The second-order valence-electron chi connectivity index (χ2n) is 8.00. The second kappa shape index (κ2) is 9.89. The third kappa shape index (κ3) is 5.99. The fourth-order valence-corrected chi connectivity index (χ4v) is 4.55. The molecule has 0 spiro atoms. The van der Waals surface area contributed by atoms with Crippen molar-refractivity contribution in [3.8, 4) is 5.75 Å². The molecule has 8 nitrogen and oxygen atoms in total. The van der Waals surface area contributed by atoms with E-state index in [9.17, 15) is 13.2 Å². The van der Waals surface area contributed by atoms with E-state index in [0.717, 1.165) is 29.4 Å². The van der Waals surface area contributed by atoms with Gasteiger partial charge in [-0.05, 0) is 35.2 Å². The molecule has 0 radical (unpaired) electrons. The van der Waals surface area contributed by atoms with Crippen LogP contribution in [0.5, 0.6) is 5.75 Å². The van der Waals surface area contributed by atoms with E-state index in [1.54, 1.807) is 0 Å². The number of benzene rings is 2. The molecular weight excluding hydrogens is 434 g/mol. The van der Waals surface area contributed by atoms with Crippen LogP contribution in [0.4, 0.5) is 4.79 Å². The highest BCUT2D eigenvalue weighted by molar-refractivity contribution is 7.86. The number of nitrogens with zero attached hydrogens (tertiary/aromatic N) is 1. The molecule has 2 aromatic carbocycles.